The summed E-state index contributed by atoms with van der Waals surface area (Å²) < 4.78 is 0. The van der Waals surface area contributed by atoms with Crippen molar-refractivity contribution in [1.29, 1.82) is 0 Å². The number of fused-ring (bicyclic) bond motifs is 1. The minimum absolute atomic E-state index is 0.418. The van der Waals surface area contributed by atoms with E-state index < -0.39 is 0 Å². The fourth-order valence-electron chi connectivity index (χ4n) is 3.91. The van der Waals surface area contributed by atoms with Crippen molar-refractivity contribution < 1.29 is 4.79 Å². The van der Waals surface area contributed by atoms with Crippen molar-refractivity contribution in [3.63, 3.8) is 0 Å². The molecule has 1 saturated heterocycles. The van der Waals surface area contributed by atoms with Crippen LogP contribution in [-0.2, 0) is 4.79 Å². The Morgan fingerprint density at radius 3 is 2.62 bits per heavy atom. The van der Waals surface area contributed by atoms with Crippen LogP contribution in [0.3, 0.4) is 0 Å². The lowest BCUT2D eigenvalue weighted by Gasteiger charge is -2.28. The maximum atomic E-state index is 12.0. The molecular formula is C11H17NO. The average Bonchev–Trinajstić information content (AvgIpc) is 2.62. The van der Waals surface area contributed by atoms with E-state index in [-0.39, 0.29) is 0 Å². The predicted octanol–water partition coefficient (Wildman–Crippen LogP) is 1.65. The van der Waals surface area contributed by atoms with Gasteiger partial charge in [0.2, 0.25) is 5.91 Å². The van der Waals surface area contributed by atoms with Crippen molar-refractivity contribution in [2.45, 2.75) is 45.2 Å². The summed E-state index contributed by atoms with van der Waals surface area (Å²) in [4.78, 5) is 14.2. The minimum Gasteiger partial charge on any atom is -0.337 e. The van der Waals surface area contributed by atoms with Crippen LogP contribution in [0.15, 0.2) is 0 Å². The van der Waals surface area contributed by atoms with Crippen LogP contribution in [0.4, 0.5) is 0 Å². The molecule has 0 N–H and O–H groups in total. The molecule has 4 atom stereocenters. The molecule has 2 heteroatoms. The van der Waals surface area contributed by atoms with Crippen LogP contribution in [0.5, 0.6) is 0 Å². The second-order valence-electron chi connectivity index (χ2n) is 5.25. The third-order valence-corrected chi connectivity index (χ3v) is 4.26. The summed E-state index contributed by atoms with van der Waals surface area (Å²) in [5, 5.41) is 0. The number of nitrogens with zero attached hydrogens (tertiary/aromatic N) is 1. The number of hydrogen-bond donors (Lipinski definition) is 0. The normalized spacial score (nSPS) is 47.0. The summed E-state index contributed by atoms with van der Waals surface area (Å²) >= 11 is 0. The van der Waals surface area contributed by atoms with Gasteiger partial charge in [-0.05, 0) is 44.9 Å². The first-order valence-electron chi connectivity index (χ1n) is 5.50. The number of rotatable bonds is 1. The molecule has 0 aromatic carbocycles. The topological polar surface area (TPSA) is 20.3 Å². The highest BCUT2D eigenvalue weighted by Gasteiger charge is 2.58. The van der Waals surface area contributed by atoms with Crippen LogP contribution < -0.4 is 0 Å². The lowest BCUT2D eigenvalue weighted by atomic mass is 9.90. The first kappa shape index (κ1) is 7.84. The Labute approximate surface area is 79.3 Å². The summed E-state index contributed by atoms with van der Waals surface area (Å²) in [7, 11) is 0. The molecule has 3 rings (SSSR count). The standard InChI is InChI=1S/C11H17NO/c1-6(2)12-10-5-7-3-8(10)9(4-7)11(12)13/h6-10H,3-5H2,1-2H3. The molecule has 1 aliphatic heterocycles. The van der Waals surface area contributed by atoms with Gasteiger partial charge in [0, 0.05) is 18.0 Å². The highest BCUT2D eigenvalue weighted by molar-refractivity contribution is 5.83. The van der Waals surface area contributed by atoms with E-state index in [0.717, 1.165) is 11.8 Å². The molecule has 3 aliphatic rings. The smallest absolute Gasteiger partial charge is 0.226 e. The Morgan fingerprint density at radius 1 is 1.31 bits per heavy atom. The van der Waals surface area contributed by atoms with Crippen molar-refractivity contribution in [3.05, 3.63) is 0 Å². The van der Waals surface area contributed by atoms with Gasteiger partial charge in [-0.25, -0.2) is 0 Å². The Kier molecular flexibility index (Phi) is 1.38. The molecule has 2 bridgehead atoms. The van der Waals surface area contributed by atoms with Gasteiger partial charge < -0.3 is 4.90 Å². The summed E-state index contributed by atoms with van der Waals surface area (Å²) in [6.07, 6.45) is 3.83. The largest absolute Gasteiger partial charge is 0.337 e. The van der Waals surface area contributed by atoms with Gasteiger partial charge in [-0.1, -0.05) is 0 Å². The maximum absolute atomic E-state index is 12.0. The van der Waals surface area contributed by atoms with E-state index in [9.17, 15) is 4.79 Å². The second kappa shape index (κ2) is 2.28. The Bertz CT molecular complexity index is 261. The second-order valence-corrected chi connectivity index (χ2v) is 5.25. The fourth-order valence-corrected chi connectivity index (χ4v) is 3.91. The Morgan fingerprint density at radius 2 is 2.08 bits per heavy atom. The van der Waals surface area contributed by atoms with Crippen molar-refractivity contribution in [2.24, 2.45) is 17.8 Å². The van der Waals surface area contributed by atoms with E-state index in [1.54, 1.807) is 0 Å². The third kappa shape index (κ3) is 0.818. The number of carbonyl (C=O) groups is 1. The molecule has 2 saturated carbocycles. The summed E-state index contributed by atoms with van der Waals surface area (Å²) in [6.45, 7) is 4.30. The molecule has 13 heavy (non-hydrogen) atoms. The molecule has 3 fully saturated rings. The summed E-state index contributed by atoms with van der Waals surface area (Å²) in [5.41, 5.74) is 0. The van der Waals surface area contributed by atoms with E-state index in [2.05, 4.69) is 18.7 Å². The molecule has 72 valence electrons. The van der Waals surface area contributed by atoms with Gasteiger partial charge in [-0.15, -0.1) is 0 Å². The molecule has 0 aromatic rings. The van der Waals surface area contributed by atoms with E-state index in [4.69, 9.17) is 0 Å². The van der Waals surface area contributed by atoms with Gasteiger partial charge in [0.25, 0.3) is 0 Å². The zero-order valence-electron chi connectivity index (χ0n) is 8.36. The monoisotopic (exact) mass is 179 g/mol. The predicted molar refractivity (Wildman–Crippen MR) is 50.1 cm³/mol. The molecular weight excluding hydrogens is 162 g/mol. The van der Waals surface area contributed by atoms with Crippen LogP contribution in [0.1, 0.15) is 33.1 Å². The molecule has 2 aliphatic carbocycles. The number of hydrogen-bond acceptors (Lipinski definition) is 1. The van der Waals surface area contributed by atoms with E-state index in [1.165, 1.54) is 19.3 Å². The van der Waals surface area contributed by atoms with Crippen LogP contribution in [-0.4, -0.2) is 22.9 Å². The van der Waals surface area contributed by atoms with Crippen molar-refractivity contribution in [3.8, 4) is 0 Å². The highest BCUT2D eigenvalue weighted by atomic mass is 16.2. The highest BCUT2D eigenvalue weighted by Crippen LogP contribution is 2.55. The number of likely N-dealkylation sites (tertiary alicyclic amines) is 1. The van der Waals surface area contributed by atoms with Crippen LogP contribution >= 0.6 is 0 Å². The van der Waals surface area contributed by atoms with Crippen LogP contribution in [0.25, 0.3) is 0 Å². The lowest BCUT2D eigenvalue weighted by molar-refractivity contribution is -0.133. The van der Waals surface area contributed by atoms with Gasteiger partial charge in [0.1, 0.15) is 0 Å². The fraction of sp³-hybridized carbons (Fsp3) is 0.909. The molecule has 2 nitrogen and oxygen atoms in total. The van der Waals surface area contributed by atoms with Gasteiger partial charge in [-0.2, -0.15) is 0 Å². The molecule has 1 heterocycles. The lowest BCUT2D eigenvalue weighted by Crippen LogP contribution is -2.38. The zero-order chi connectivity index (χ0) is 9.16. The van der Waals surface area contributed by atoms with Crippen molar-refractivity contribution in [2.75, 3.05) is 0 Å². The Hall–Kier alpha value is -0.530. The first-order chi connectivity index (χ1) is 6.18. The van der Waals surface area contributed by atoms with Crippen LogP contribution in [0.2, 0.25) is 0 Å². The van der Waals surface area contributed by atoms with Crippen LogP contribution in [0, 0.1) is 17.8 Å². The SMILES string of the molecule is CC(C)N1C(=O)C2CC3CC2C1C3. The summed E-state index contributed by atoms with van der Waals surface area (Å²) in [5.74, 6) is 2.50. The third-order valence-electron chi connectivity index (χ3n) is 4.26. The number of amides is 1. The van der Waals surface area contributed by atoms with E-state index >= 15 is 0 Å². The quantitative estimate of drug-likeness (QED) is 0.599. The molecule has 0 aromatic heterocycles. The van der Waals surface area contributed by atoms with Crippen molar-refractivity contribution >= 4 is 5.91 Å². The molecule has 4 unspecified atom stereocenters. The average molecular weight is 179 g/mol. The zero-order valence-corrected chi connectivity index (χ0v) is 8.36. The molecule has 0 radical (unpaired) electrons. The Balaban J connectivity index is 1.97. The van der Waals surface area contributed by atoms with Gasteiger partial charge >= 0.3 is 0 Å². The maximum Gasteiger partial charge on any atom is 0.226 e. The first-order valence-corrected chi connectivity index (χ1v) is 5.50. The number of carbonyl (C=O) groups excluding carboxylic acids is 1. The van der Waals surface area contributed by atoms with E-state index in [1.807, 2.05) is 0 Å². The minimum atomic E-state index is 0.418. The van der Waals surface area contributed by atoms with E-state index in [0.29, 0.717) is 23.9 Å². The van der Waals surface area contributed by atoms with Gasteiger partial charge in [-0.3, -0.25) is 4.79 Å². The molecule has 0 spiro atoms. The summed E-state index contributed by atoms with van der Waals surface area (Å²) in [6, 6.07) is 1.04. The van der Waals surface area contributed by atoms with Gasteiger partial charge in [0.05, 0.1) is 0 Å². The van der Waals surface area contributed by atoms with Gasteiger partial charge in [0.15, 0.2) is 0 Å². The molecule has 1 amide bonds. The van der Waals surface area contributed by atoms with Crippen molar-refractivity contribution in [1.82, 2.24) is 4.90 Å².